The minimum absolute atomic E-state index is 0.0515. The second-order valence-electron chi connectivity index (χ2n) is 10.4. The number of nitrogens with one attached hydrogen (secondary N) is 3. The Morgan fingerprint density at radius 3 is 1.92 bits per heavy atom. The second-order valence-corrected chi connectivity index (χ2v) is 10.4. The molecule has 0 fully saturated rings. The van der Waals surface area contributed by atoms with Crippen LogP contribution in [0.15, 0.2) is 9.98 Å². The number of nitrogens with two attached hydrogens (primary N) is 2. The van der Waals surface area contributed by atoms with Gasteiger partial charge in [0.25, 0.3) is 0 Å². The summed E-state index contributed by atoms with van der Waals surface area (Å²) >= 11 is 0. The fourth-order valence-electron chi connectivity index (χ4n) is 3.09. The van der Waals surface area contributed by atoms with Crippen molar-refractivity contribution in [1.29, 1.82) is 0 Å². The van der Waals surface area contributed by atoms with Crippen molar-refractivity contribution < 1.29 is 19.8 Å². The molecule has 0 aliphatic carbocycles. The van der Waals surface area contributed by atoms with Gasteiger partial charge in [-0.2, -0.15) is 0 Å². The topological polar surface area (TPSA) is 187 Å². The summed E-state index contributed by atoms with van der Waals surface area (Å²) in [6.07, 6.45) is 5.30. The van der Waals surface area contributed by atoms with Gasteiger partial charge < -0.3 is 42.4 Å². The maximum atomic E-state index is 11.1. The molecule has 11 heteroatoms. The Morgan fingerprint density at radius 1 is 0.947 bits per heavy atom. The summed E-state index contributed by atoms with van der Waals surface area (Å²) in [5.41, 5.74) is 12.0. The zero-order chi connectivity index (χ0) is 29.4. The van der Waals surface area contributed by atoms with E-state index in [2.05, 4.69) is 46.7 Å². The molecule has 0 radical (unpaired) electrons. The van der Waals surface area contributed by atoms with E-state index in [0.29, 0.717) is 0 Å². The lowest BCUT2D eigenvalue weighted by atomic mass is 10.0. The number of aliphatic hydroxyl groups is 2. The molecule has 0 aliphatic heterocycles. The summed E-state index contributed by atoms with van der Waals surface area (Å²) in [4.78, 5) is 29.9. The van der Waals surface area contributed by atoms with Crippen molar-refractivity contribution in [2.24, 2.45) is 21.5 Å². The molecular formula is C27H57N7O4. The van der Waals surface area contributed by atoms with Crippen molar-refractivity contribution in [2.45, 2.75) is 116 Å². The van der Waals surface area contributed by atoms with Crippen LogP contribution < -0.4 is 27.4 Å². The Morgan fingerprint density at radius 2 is 1.47 bits per heavy atom. The van der Waals surface area contributed by atoms with E-state index in [4.69, 9.17) is 21.7 Å². The molecule has 0 rings (SSSR count). The number of aliphatic hydroxyl groups excluding tert-OH is 2. The number of amidine groups is 2. The highest BCUT2D eigenvalue weighted by atomic mass is 16.3. The molecule has 2 unspecified atom stereocenters. The molecule has 9 N–H and O–H groups in total. The van der Waals surface area contributed by atoms with Crippen LogP contribution >= 0.6 is 0 Å². The molecule has 0 heterocycles. The maximum Gasteiger partial charge on any atom is 0.220 e. The predicted octanol–water partition coefficient (Wildman–Crippen LogP) is 1.25. The fraction of sp³-hybridized carbons (Fsp3) is 0.852. The average molecular weight is 544 g/mol. The van der Waals surface area contributed by atoms with Gasteiger partial charge in [0, 0.05) is 43.9 Å². The maximum absolute atomic E-state index is 11.1. The van der Waals surface area contributed by atoms with Crippen molar-refractivity contribution in [2.75, 3.05) is 33.2 Å². The van der Waals surface area contributed by atoms with Crippen LogP contribution in [-0.4, -0.2) is 91.1 Å². The number of aldehydes is 1. The lowest BCUT2D eigenvalue weighted by Crippen LogP contribution is -2.40. The highest BCUT2D eigenvalue weighted by Crippen LogP contribution is 2.07. The first-order chi connectivity index (χ1) is 17.9. The molecule has 224 valence electrons. The molecule has 0 aromatic heterocycles. The third kappa shape index (κ3) is 25.6. The number of amides is 1. The van der Waals surface area contributed by atoms with Crippen molar-refractivity contribution in [3.05, 3.63) is 0 Å². The van der Waals surface area contributed by atoms with Crippen LogP contribution in [0.2, 0.25) is 0 Å². The zero-order valence-corrected chi connectivity index (χ0v) is 24.8. The number of nitrogens with zero attached hydrogens (tertiary/aromatic N) is 2. The Bertz CT molecular complexity index is 670. The fourth-order valence-corrected chi connectivity index (χ4v) is 3.09. The van der Waals surface area contributed by atoms with E-state index in [9.17, 15) is 9.59 Å². The normalized spacial score (nSPS) is 14.0. The average Bonchev–Trinajstić information content (AvgIpc) is 2.86. The van der Waals surface area contributed by atoms with E-state index in [1.165, 1.54) is 12.8 Å². The van der Waals surface area contributed by atoms with Crippen LogP contribution in [0.4, 0.5) is 0 Å². The molecule has 0 bridgehead atoms. The molecule has 0 saturated heterocycles. The molecule has 0 aromatic rings. The Hall–Kier alpha value is -2.08. The largest absolute Gasteiger partial charge is 0.390 e. The third-order valence-electron chi connectivity index (χ3n) is 5.86. The Labute approximate surface area is 230 Å². The summed E-state index contributed by atoms with van der Waals surface area (Å²) in [6.45, 7) is 13.5. The van der Waals surface area contributed by atoms with Gasteiger partial charge in [-0.1, -0.05) is 19.8 Å². The molecule has 11 nitrogen and oxygen atoms in total. The van der Waals surface area contributed by atoms with Crippen molar-refractivity contribution >= 4 is 23.9 Å². The van der Waals surface area contributed by atoms with E-state index >= 15 is 0 Å². The number of likely N-dealkylation sites (N-methyl/N-ethyl adjacent to an activating group) is 1. The Balaban J connectivity index is 0. The van der Waals surface area contributed by atoms with Crippen LogP contribution in [0.5, 0.6) is 0 Å². The molecule has 1 amide bonds. The first-order valence-corrected chi connectivity index (χ1v) is 14.0. The number of unbranched alkanes of at least 4 members (excludes halogenated alkanes) is 3. The molecule has 0 aromatic carbocycles. The summed E-state index contributed by atoms with van der Waals surface area (Å²) in [5, 5.41) is 27.2. The number of aliphatic imine (C=N–C) groups is 2. The number of hydrogen-bond donors (Lipinski definition) is 7. The lowest BCUT2D eigenvalue weighted by Gasteiger charge is -2.23. The van der Waals surface area contributed by atoms with Gasteiger partial charge in [-0.15, -0.1) is 0 Å². The summed E-state index contributed by atoms with van der Waals surface area (Å²) in [7, 11) is 1.92. The highest BCUT2D eigenvalue weighted by molar-refractivity contribution is 5.80. The first kappa shape index (κ1) is 38.1. The van der Waals surface area contributed by atoms with Gasteiger partial charge in [0.05, 0.1) is 30.9 Å². The molecule has 0 spiro atoms. The van der Waals surface area contributed by atoms with Gasteiger partial charge in [0.15, 0.2) is 6.29 Å². The Kier molecular flexibility index (Phi) is 24.0. The van der Waals surface area contributed by atoms with Crippen LogP contribution in [0.3, 0.4) is 0 Å². The standard InChI is InChI=1S/C18H40N6.C9H17NO4/c1-5-18(2,3)24-15-14-23-17(20)11-9-7-6-8-10-16(19)22-13-12-21-4;1-6(2)10-9(14)4-3-7(12)8(13)5-11/h21,24H,5-15H2,1-4H3,(H2,19,22)(H2,20,23);5-8,12-13H,3-4H2,1-2H3,(H,10,14). The van der Waals surface area contributed by atoms with Crippen molar-refractivity contribution in [3.8, 4) is 0 Å². The summed E-state index contributed by atoms with van der Waals surface area (Å²) < 4.78 is 0. The number of hydrogen-bond acceptors (Lipinski definition) is 8. The highest BCUT2D eigenvalue weighted by Gasteiger charge is 2.16. The van der Waals surface area contributed by atoms with Gasteiger partial charge >= 0.3 is 0 Å². The number of carbonyl (C=O) groups excluding carboxylic acids is 2. The quantitative estimate of drug-likeness (QED) is 0.0487. The smallest absolute Gasteiger partial charge is 0.220 e. The SMILES string of the molecule is CC(C)NC(=O)CCC(O)C(O)C=O.CCC(C)(C)NCCN=C(N)CCCCCCC(N)=NCCNC. The van der Waals surface area contributed by atoms with E-state index < -0.39 is 12.2 Å². The molecular weight excluding hydrogens is 486 g/mol. The summed E-state index contributed by atoms with van der Waals surface area (Å²) in [5.74, 6) is 1.35. The minimum Gasteiger partial charge on any atom is -0.390 e. The van der Waals surface area contributed by atoms with Crippen molar-refractivity contribution in [1.82, 2.24) is 16.0 Å². The van der Waals surface area contributed by atoms with Crippen LogP contribution in [0.1, 0.15) is 92.4 Å². The predicted molar refractivity (Wildman–Crippen MR) is 158 cm³/mol. The van der Waals surface area contributed by atoms with E-state index in [1.54, 1.807) is 0 Å². The van der Waals surface area contributed by atoms with Gasteiger partial charge in [-0.3, -0.25) is 14.8 Å². The van der Waals surface area contributed by atoms with Gasteiger partial charge in [-0.05, 0) is 60.4 Å². The third-order valence-corrected chi connectivity index (χ3v) is 5.86. The van der Waals surface area contributed by atoms with Crippen LogP contribution in [-0.2, 0) is 9.59 Å². The van der Waals surface area contributed by atoms with E-state index in [-0.39, 0.29) is 36.6 Å². The zero-order valence-electron chi connectivity index (χ0n) is 24.8. The van der Waals surface area contributed by atoms with Crippen LogP contribution in [0.25, 0.3) is 0 Å². The van der Waals surface area contributed by atoms with Gasteiger partial charge in [0.1, 0.15) is 6.10 Å². The lowest BCUT2D eigenvalue weighted by molar-refractivity contribution is -0.125. The second kappa shape index (κ2) is 24.0. The van der Waals surface area contributed by atoms with E-state index in [0.717, 1.165) is 70.0 Å². The van der Waals surface area contributed by atoms with E-state index in [1.807, 2.05) is 20.9 Å². The van der Waals surface area contributed by atoms with Gasteiger partial charge in [0.2, 0.25) is 5.91 Å². The minimum atomic E-state index is -1.40. The van der Waals surface area contributed by atoms with Crippen molar-refractivity contribution in [3.63, 3.8) is 0 Å². The molecule has 0 aliphatic rings. The molecule has 38 heavy (non-hydrogen) atoms. The summed E-state index contributed by atoms with van der Waals surface area (Å²) in [6, 6.07) is 0.0515. The number of rotatable bonds is 21. The first-order valence-electron chi connectivity index (χ1n) is 14.0. The molecule has 0 saturated carbocycles. The van der Waals surface area contributed by atoms with Gasteiger partial charge in [-0.25, -0.2) is 0 Å². The number of carbonyl (C=O) groups is 2. The molecule has 2 atom stereocenters. The monoisotopic (exact) mass is 543 g/mol. The van der Waals surface area contributed by atoms with Crippen LogP contribution in [0, 0.1) is 0 Å².